The Labute approximate surface area is 171 Å². The van der Waals surface area contributed by atoms with Gasteiger partial charge in [-0.1, -0.05) is 36.4 Å². The first-order valence-electron chi connectivity index (χ1n) is 10.4. The normalized spacial score (nSPS) is 18.5. The molecular formula is C24H26N4O. The van der Waals surface area contributed by atoms with E-state index in [-0.39, 0.29) is 5.91 Å². The Morgan fingerprint density at radius 2 is 1.76 bits per heavy atom. The molecule has 2 heterocycles. The van der Waals surface area contributed by atoms with E-state index in [0.29, 0.717) is 6.54 Å². The van der Waals surface area contributed by atoms with Crippen LogP contribution in [0.15, 0.2) is 66.3 Å². The van der Waals surface area contributed by atoms with Crippen LogP contribution in [0.1, 0.15) is 23.2 Å². The zero-order chi connectivity index (χ0) is 19.6. The van der Waals surface area contributed by atoms with Crippen LogP contribution in [0.5, 0.6) is 0 Å². The monoisotopic (exact) mass is 386 g/mol. The van der Waals surface area contributed by atoms with Gasteiger partial charge >= 0.3 is 0 Å². The van der Waals surface area contributed by atoms with Gasteiger partial charge in [-0.15, -0.1) is 0 Å². The molecule has 5 nitrogen and oxygen atoms in total. The van der Waals surface area contributed by atoms with Crippen molar-refractivity contribution >= 4 is 28.7 Å². The van der Waals surface area contributed by atoms with Crippen molar-refractivity contribution in [2.75, 3.05) is 47.8 Å². The largest absolute Gasteiger partial charge is 0.367 e. The number of fused-ring (bicyclic) bond motifs is 2. The van der Waals surface area contributed by atoms with Crippen LogP contribution in [0.25, 0.3) is 0 Å². The first-order valence-corrected chi connectivity index (χ1v) is 10.4. The molecule has 1 fully saturated rings. The van der Waals surface area contributed by atoms with E-state index in [9.17, 15) is 4.79 Å². The van der Waals surface area contributed by atoms with E-state index in [1.54, 1.807) is 0 Å². The van der Waals surface area contributed by atoms with E-state index in [2.05, 4.69) is 45.9 Å². The summed E-state index contributed by atoms with van der Waals surface area (Å²) >= 11 is 0. The average molecular weight is 386 g/mol. The lowest BCUT2D eigenvalue weighted by atomic mass is 10.1. The highest BCUT2D eigenvalue weighted by Crippen LogP contribution is 2.40. The quantitative estimate of drug-likeness (QED) is 0.835. The highest BCUT2D eigenvalue weighted by Gasteiger charge is 2.29. The van der Waals surface area contributed by atoms with Crippen LogP contribution in [0.4, 0.5) is 22.7 Å². The van der Waals surface area contributed by atoms with E-state index >= 15 is 0 Å². The lowest BCUT2D eigenvalue weighted by Crippen LogP contribution is -2.43. The number of amides is 1. The molecule has 2 aromatic rings. The van der Waals surface area contributed by atoms with Gasteiger partial charge in [-0.3, -0.25) is 4.79 Å². The molecule has 0 radical (unpaired) electrons. The van der Waals surface area contributed by atoms with Crippen LogP contribution >= 0.6 is 0 Å². The predicted octanol–water partition coefficient (Wildman–Crippen LogP) is 4.08. The van der Waals surface area contributed by atoms with Gasteiger partial charge in [-0.05, 0) is 42.7 Å². The van der Waals surface area contributed by atoms with Gasteiger partial charge in [0.15, 0.2) is 0 Å². The van der Waals surface area contributed by atoms with Gasteiger partial charge in [-0.2, -0.15) is 0 Å². The number of hydrogen-bond donors (Lipinski definition) is 2. The van der Waals surface area contributed by atoms with E-state index in [0.717, 1.165) is 67.3 Å². The molecule has 2 aliphatic heterocycles. The summed E-state index contributed by atoms with van der Waals surface area (Å²) in [7, 11) is 0. The van der Waals surface area contributed by atoms with Gasteiger partial charge in [0.25, 0.3) is 5.91 Å². The molecule has 2 aromatic carbocycles. The molecule has 3 aliphatic rings. The second-order valence-corrected chi connectivity index (χ2v) is 7.73. The Morgan fingerprint density at radius 3 is 2.59 bits per heavy atom. The number of allylic oxidation sites excluding steroid dienone is 2. The number of carbonyl (C=O) groups is 1. The van der Waals surface area contributed by atoms with Crippen LogP contribution in [0, 0.1) is 0 Å². The first-order chi connectivity index (χ1) is 14.3. The summed E-state index contributed by atoms with van der Waals surface area (Å²) in [5.41, 5.74) is 5.86. The van der Waals surface area contributed by atoms with Crippen molar-refractivity contribution in [3.8, 4) is 0 Å². The Morgan fingerprint density at radius 1 is 0.931 bits per heavy atom. The van der Waals surface area contributed by atoms with Crippen molar-refractivity contribution in [1.82, 2.24) is 5.32 Å². The highest BCUT2D eigenvalue weighted by molar-refractivity contribution is 6.15. The third kappa shape index (κ3) is 3.42. The summed E-state index contributed by atoms with van der Waals surface area (Å²) in [5, 5.41) is 7.01. The number of nitrogens with one attached hydrogen (secondary N) is 2. The fraction of sp³-hybridized carbons (Fsp3) is 0.292. The Kier molecular flexibility index (Phi) is 4.82. The Hall–Kier alpha value is -3.05. The number of benzene rings is 2. The fourth-order valence-electron chi connectivity index (χ4n) is 4.35. The summed E-state index contributed by atoms with van der Waals surface area (Å²) in [6.45, 7) is 4.39. The smallest absolute Gasteiger partial charge is 0.260 e. The number of carbonyl (C=O) groups excluding carboxylic acids is 1. The third-order valence-electron chi connectivity index (χ3n) is 5.84. The van der Waals surface area contributed by atoms with Gasteiger partial charge in [0.1, 0.15) is 0 Å². The number of hydrogen-bond acceptors (Lipinski definition) is 4. The van der Waals surface area contributed by atoms with Gasteiger partial charge in [-0.25, -0.2) is 0 Å². The highest BCUT2D eigenvalue weighted by atomic mass is 16.2. The first kappa shape index (κ1) is 18.0. The zero-order valence-electron chi connectivity index (χ0n) is 16.5. The van der Waals surface area contributed by atoms with E-state index < -0.39 is 0 Å². The molecule has 1 aliphatic carbocycles. The predicted molar refractivity (Wildman–Crippen MR) is 119 cm³/mol. The number of nitrogens with zero attached hydrogens (tertiary/aromatic N) is 2. The van der Waals surface area contributed by atoms with Crippen LogP contribution in [-0.2, 0) is 0 Å². The molecular weight excluding hydrogens is 360 g/mol. The van der Waals surface area contributed by atoms with Crippen LogP contribution in [-0.4, -0.2) is 38.6 Å². The number of para-hydroxylation sites is 3. The number of anilines is 4. The molecule has 0 spiro atoms. The summed E-state index contributed by atoms with van der Waals surface area (Å²) in [6.07, 6.45) is 8.70. The molecule has 29 heavy (non-hydrogen) atoms. The third-order valence-corrected chi connectivity index (χ3v) is 5.84. The Bertz CT molecular complexity index is 988. The van der Waals surface area contributed by atoms with Gasteiger partial charge in [0.05, 0.1) is 34.9 Å². The molecule has 1 amide bonds. The van der Waals surface area contributed by atoms with Crippen molar-refractivity contribution in [2.45, 2.75) is 12.8 Å². The van der Waals surface area contributed by atoms with Crippen molar-refractivity contribution < 1.29 is 4.79 Å². The molecule has 5 rings (SSSR count). The molecule has 0 atom stereocenters. The van der Waals surface area contributed by atoms with Crippen molar-refractivity contribution in [3.63, 3.8) is 0 Å². The maximum absolute atomic E-state index is 13.7. The second-order valence-electron chi connectivity index (χ2n) is 7.73. The van der Waals surface area contributed by atoms with Gasteiger partial charge in [0.2, 0.25) is 0 Å². The minimum absolute atomic E-state index is 0.0503. The van der Waals surface area contributed by atoms with Gasteiger partial charge in [0, 0.05) is 26.2 Å². The molecule has 0 bridgehead atoms. The SMILES string of the molecule is O=C1c2cccc(N3CCNCC3)c2Nc2ccccc2N1CC1=CCCC=C1. The Balaban J connectivity index is 1.59. The van der Waals surface area contributed by atoms with Crippen LogP contribution in [0.2, 0.25) is 0 Å². The van der Waals surface area contributed by atoms with E-state index in [4.69, 9.17) is 0 Å². The summed E-state index contributed by atoms with van der Waals surface area (Å²) in [6, 6.07) is 14.2. The van der Waals surface area contributed by atoms with Crippen molar-refractivity contribution in [3.05, 3.63) is 71.8 Å². The van der Waals surface area contributed by atoms with Crippen molar-refractivity contribution in [1.29, 1.82) is 0 Å². The van der Waals surface area contributed by atoms with Crippen LogP contribution < -0.4 is 20.4 Å². The molecule has 2 N–H and O–H groups in total. The summed E-state index contributed by atoms with van der Waals surface area (Å²) in [5.74, 6) is 0.0503. The molecule has 148 valence electrons. The zero-order valence-corrected chi connectivity index (χ0v) is 16.5. The average Bonchev–Trinajstić information content (AvgIpc) is 2.90. The van der Waals surface area contributed by atoms with E-state index in [1.165, 1.54) is 5.57 Å². The van der Waals surface area contributed by atoms with Crippen LogP contribution in [0.3, 0.4) is 0 Å². The maximum atomic E-state index is 13.7. The molecule has 5 heteroatoms. The number of rotatable bonds is 3. The standard InChI is InChI=1S/C24H26N4O/c29-24-19-9-6-12-22(27-15-13-25-14-16-27)23(19)26-20-10-4-5-11-21(20)28(24)17-18-7-2-1-3-8-18/h2,4-12,25-26H,1,3,13-17H2. The van der Waals surface area contributed by atoms with Gasteiger partial charge < -0.3 is 20.4 Å². The lowest BCUT2D eigenvalue weighted by molar-refractivity contribution is 0.0990. The number of piperazine rings is 1. The molecule has 0 aromatic heterocycles. The summed E-state index contributed by atoms with van der Waals surface area (Å²) in [4.78, 5) is 18.0. The summed E-state index contributed by atoms with van der Waals surface area (Å²) < 4.78 is 0. The molecule has 0 unspecified atom stereocenters. The maximum Gasteiger partial charge on any atom is 0.260 e. The topological polar surface area (TPSA) is 47.6 Å². The second kappa shape index (κ2) is 7.76. The van der Waals surface area contributed by atoms with E-state index in [1.807, 2.05) is 35.2 Å². The molecule has 0 saturated carbocycles. The fourth-order valence-corrected chi connectivity index (χ4v) is 4.35. The minimum atomic E-state index is 0.0503. The molecule has 1 saturated heterocycles. The van der Waals surface area contributed by atoms with Crippen molar-refractivity contribution in [2.24, 2.45) is 0 Å². The minimum Gasteiger partial charge on any atom is -0.367 e. The lowest BCUT2D eigenvalue weighted by Gasteiger charge is -2.31.